The summed E-state index contributed by atoms with van der Waals surface area (Å²) in [6.45, 7) is 13.6. The van der Waals surface area contributed by atoms with Gasteiger partial charge in [-0.3, -0.25) is 4.79 Å². The molecule has 160 valence electrons. The molecule has 0 aromatic rings. The first-order chi connectivity index (χ1) is 13.8. The summed E-state index contributed by atoms with van der Waals surface area (Å²) in [4.78, 5) is 13.0. The number of ether oxygens (including phenoxy) is 1. The van der Waals surface area contributed by atoms with E-state index in [-0.39, 0.29) is 12.0 Å². The Morgan fingerprint density at radius 1 is 1.07 bits per heavy atom. The molecule has 1 aliphatic carbocycles. The molecule has 0 bridgehead atoms. The fourth-order valence-electron chi connectivity index (χ4n) is 4.84. The summed E-state index contributed by atoms with van der Waals surface area (Å²) in [6.07, 6.45) is 12.9. The predicted octanol–water partition coefficient (Wildman–Crippen LogP) is 6.68. The molecule has 0 spiro atoms. The minimum absolute atomic E-state index is 0.0740. The lowest BCUT2D eigenvalue weighted by Gasteiger charge is -2.22. The first-order valence-electron chi connectivity index (χ1n) is 11.3. The standard InChI is InChI=1S/C27H40O2/c1-7-8-15-23-24(26(28)27-25(23)22(6)18-29-27)17-16-21(5)14-10-13-20(4)12-9-11-19(2)3/h11,13,16,22-25,27H,9-10,12,14-15,17-18H2,1-6H3/b20-13+,21-16+/t22-,23+,24?,25-,27-/m1/s1. The third kappa shape index (κ3) is 6.71. The van der Waals surface area contributed by atoms with Crippen LogP contribution in [0.3, 0.4) is 0 Å². The van der Waals surface area contributed by atoms with Gasteiger partial charge in [-0.2, -0.15) is 0 Å². The second-order valence-electron chi connectivity index (χ2n) is 9.31. The monoisotopic (exact) mass is 396 g/mol. The number of ketones is 1. The van der Waals surface area contributed by atoms with Gasteiger partial charge in [0, 0.05) is 18.3 Å². The number of fused-ring (bicyclic) bond motifs is 1. The molecule has 1 heterocycles. The number of allylic oxidation sites excluding steroid dienone is 6. The number of rotatable bonds is 9. The number of hydrogen-bond donors (Lipinski definition) is 0. The van der Waals surface area contributed by atoms with Crippen molar-refractivity contribution in [1.29, 1.82) is 0 Å². The molecular weight excluding hydrogens is 356 g/mol. The van der Waals surface area contributed by atoms with E-state index < -0.39 is 0 Å². The normalized spacial score (nSPS) is 29.4. The van der Waals surface area contributed by atoms with Gasteiger partial charge in [0.15, 0.2) is 5.78 Å². The van der Waals surface area contributed by atoms with Gasteiger partial charge >= 0.3 is 0 Å². The molecular formula is C27H40O2. The predicted molar refractivity (Wildman–Crippen MR) is 122 cm³/mol. The van der Waals surface area contributed by atoms with E-state index in [9.17, 15) is 4.79 Å². The van der Waals surface area contributed by atoms with Crippen molar-refractivity contribution < 1.29 is 9.53 Å². The molecule has 0 aromatic carbocycles. The van der Waals surface area contributed by atoms with Crippen molar-refractivity contribution in [2.45, 2.75) is 86.2 Å². The highest BCUT2D eigenvalue weighted by molar-refractivity contribution is 5.89. The molecule has 1 saturated carbocycles. The van der Waals surface area contributed by atoms with Crippen LogP contribution in [0.2, 0.25) is 0 Å². The zero-order chi connectivity index (χ0) is 21.4. The molecule has 0 radical (unpaired) electrons. The molecule has 1 saturated heterocycles. The van der Waals surface area contributed by atoms with Crippen LogP contribution in [0.15, 0.2) is 34.9 Å². The highest BCUT2D eigenvalue weighted by Crippen LogP contribution is 2.47. The van der Waals surface area contributed by atoms with Crippen LogP contribution in [-0.4, -0.2) is 18.5 Å². The van der Waals surface area contributed by atoms with Gasteiger partial charge in [0.25, 0.3) is 0 Å². The first-order valence-corrected chi connectivity index (χ1v) is 11.3. The second-order valence-corrected chi connectivity index (χ2v) is 9.31. The van der Waals surface area contributed by atoms with E-state index in [4.69, 9.17) is 4.74 Å². The largest absolute Gasteiger partial charge is 0.370 e. The van der Waals surface area contributed by atoms with E-state index in [1.165, 1.54) is 16.7 Å². The van der Waals surface area contributed by atoms with Crippen LogP contribution in [0.1, 0.15) is 80.1 Å². The molecule has 2 rings (SSSR count). The van der Waals surface area contributed by atoms with Gasteiger partial charge in [-0.15, -0.1) is 11.8 Å². The molecule has 1 unspecified atom stereocenters. The van der Waals surface area contributed by atoms with Gasteiger partial charge in [0.2, 0.25) is 0 Å². The summed E-state index contributed by atoms with van der Waals surface area (Å²) in [7, 11) is 0. The zero-order valence-electron chi connectivity index (χ0n) is 19.4. The lowest BCUT2D eigenvalue weighted by molar-refractivity contribution is -0.129. The van der Waals surface area contributed by atoms with E-state index in [2.05, 4.69) is 64.7 Å². The fourth-order valence-corrected chi connectivity index (χ4v) is 4.84. The third-order valence-corrected chi connectivity index (χ3v) is 6.56. The third-order valence-electron chi connectivity index (χ3n) is 6.56. The van der Waals surface area contributed by atoms with Crippen LogP contribution >= 0.6 is 0 Å². The molecule has 0 N–H and O–H groups in total. The highest BCUT2D eigenvalue weighted by Gasteiger charge is 2.54. The fraction of sp³-hybridized carbons (Fsp3) is 0.667. The molecule has 2 nitrogen and oxygen atoms in total. The average Bonchev–Trinajstić information content (AvgIpc) is 3.16. The van der Waals surface area contributed by atoms with Crippen LogP contribution in [0.25, 0.3) is 0 Å². The minimum Gasteiger partial charge on any atom is -0.370 e. The van der Waals surface area contributed by atoms with Crippen LogP contribution in [0.5, 0.6) is 0 Å². The summed E-state index contributed by atoms with van der Waals surface area (Å²) in [5.74, 6) is 7.82. The maximum atomic E-state index is 13.0. The van der Waals surface area contributed by atoms with Crippen LogP contribution in [0, 0.1) is 35.5 Å². The van der Waals surface area contributed by atoms with Crippen LogP contribution < -0.4 is 0 Å². The summed E-state index contributed by atoms with van der Waals surface area (Å²) in [6, 6.07) is 0. The molecule has 1 aliphatic heterocycles. The summed E-state index contributed by atoms with van der Waals surface area (Å²) >= 11 is 0. The SMILES string of the molecule is CC#CC[C@H]1C(C/C=C(\C)CC/C=C(\C)CCC=C(C)C)C(=O)[C@@H]2OC[C@@H](C)[C@@H]21. The van der Waals surface area contributed by atoms with Crippen LogP contribution in [-0.2, 0) is 9.53 Å². The van der Waals surface area contributed by atoms with Gasteiger partial charge in [0.1, 0.15) is 6.10 Å². The van der Waals surface area contributed by atoms with Crippen molar-refractivity contribution in [3.8, 4) is 11.8 Å². The Morgan fingerprint density at radius 3 is 2.38 bits per heavy atom. The summed E-state index contributed by atoms with van der Waals surface area (Å²) < 4.78 is 5.86. The van der Waals surface area contributed by atoms with Crippen molar-refractivity contribution in [3.05, 3.63) is 34.9 Å². The lowest BCUT2D eigenvalue weighted by Crippen LogP contribution is -2.21. The maximum absolute atomic E-state index is 13.0. The Labute approximate surface area is 178 Å². The van der Waals surface area contributed by atoms with E-state index in [1.807, 2.05) is 6.92 Å². The number of carbonyl (C=O) groups excluding carboxylic acids is 1. The molecule has 2 fully saturated rings. The number of Topliss-reactive ketones (excluding diaryl/α,β-unsaturated/α-hetero) is 1. The van der Waals surface area contributed by atoms with Crippen molar-refractivity contribution in [2.24, 2.45) is 23.7 Å². The second kappa shape index (κ2) is 11.6. The van der Waals surface area contributed by atoms with E-state index >= 15 is 0 Å². The molecule has 2 aliphatic rings. The summed E-state index contributed by atoms with van der Waals surface area (Å²) in [5.41, 5.74) is 4.25. The van der Waals surface area contributed by atoms with Gasteiger partial charge < -0.3 is 4.74 Å². The number of carbonyl (C=O) groups is 1. The maximum Gasteiger partial charge on any atom is 0.165 e. The van der Waals surface area contributed by atoms with E-state index in [0.717, 1.165) is 45.1 Å². The van der Waals surface area contributed by atoms with Gasteiger partial charge in [-0.05, 0) is 78.6 Å². The Kier molecular flexibility index (Phi) is 9.44. The molecule has 5 atom stereocenters. The van der Waals surface area contributed by atoms with Gasteiger partial charge in [-0.25, -0.2) is 0 Å². The van der Waals surface area contributed by atoms with Crippen molar-refractivity contribution in [3.63, 3.8) is 0 Å². The average molecular weight is 397 g/mol. The van der Waals surface area contributed by atoms with Crippen LogP contribution in [0.4, 0.5) is 0 Å². The molecule has 29 heavy (non-hydrogen) atoms. The number of hydrogen-bond acceptors (Lipinski definition) is 2. The topological polar surface area (TPSA) is 26.3 Å². The Hall–Kier alpha value is -1.59. The van der Waals surface area contributed by atoms with Crippen molar-refractivity contribution >= 4 is 5.78 Å². The first kappa shape index (κ1) is 23.7. The molecule has 0 aromatic heterocycles. The molecule has 0 amide bonds. The van der Waals surface area contributed by atoms with Crippen molar-refractivity contribution in [1.82, 2.24) is 0 Å². The Morgan fingerprint density at radius 2 is 1.72 bits per heavy atom. The Balaban J connectivity index is 1.90. The Bertz CT molecular complexity index is 709. The lowest BCUT2D eigenvalue weighted by atomic mass is 9.79. The quantitative estimate of drug-likeness (QED) is 0.321. The van der Waals surface area contributed by atoms with Gasteiger partial charge in [-0.1, -0.05) is 41.9 Å². The molecule has 2 heteroatoms. The summed E-state index contributed by atoms with van der Waals surface area (Å²) in [5, 5.41) is 0. The van der Waals surface area contributed by atoms with E-state index in [1.54, 1.807) is 0 Å². The minimum atomic E-state index is -0.182. The van der Waals surface area contributed by atoms with Gasteiger partial charge in [0.05, 0.1) is 6.61 Å². The van der Waals surface area contributed by atoms with E-state index in [0.29, 0.717) is 23.5 Å². The smallest absolute Gasteiger partial charge is 0.165 e. The highest BCUT2D eigenvalue weighted by atomic mass is 16.5. The zero-order valence-corrected chi connectivity index (χ0v) is 19.4. The van der Waals surface area contributed by atoms with Crippen molar-refractivity contribution in [2.75, 3.05) is 6.61 Å².